The third-order valence-electron chi connectivity index (χ3n) is 3.34. The topological polar surface area (TPSA) is 77.7 Å². The van der Waals surface area contributed by atoms with Gasteiger partial charge in [0, 0.05) is 24.3 Å². The molecule has 1 heterocycles. The standard InChI is InChI=1S/C17H18Cl2N4O3/c1-11(16(22-25-3)17(24)20-2)7-9-26-15-6-8-23(21-15)14-5-4-12(18)10-13(14)19/h4-8,10H,9H2,1-3H3,(H,20,24)/b11-7-,22-16+. The van der Waals surface area contributed by atoms with E-state index < -0.39 is 0 Å². The van der Waals surface area contributed by atoms with E-state index in [1.807, 2.05) is 0 Å². The number of ether oxygens (including phenoxy) is 1. The number of oxime groups is 1. The van der Waals surface area contributed by atoms with E-state index in [4.69, 9.17) is 32.8 Å². The largest absolute Gasteiger partial charge is 0.472 e. The van der Waals surface area contributed by atoms with Crippen molar-refractivity contribution in [3.8, 4) is 11.6 Å². The maximum Gasteiger partial charge on any atom is 0.273 e. The third kappa shape index (κ3) is 5.00. The van der Waals surface area contributed by atoms with Crippen LogP contribution in [0, 0.1) is 0 Å². The zero-order chi connectivity index (χ0) is 19.1. The molecule has 0 saturated heterocycles. The van der Waals surface area contributed by atoms with Gasteiger partial charge in [-0.2, -0.15) is 0 Å². The lowest BCUT2D eigenvalue weighted by Gasteiger charge is -2.06. The highest BCUT2D eigenvalue weighted by atomic mass is 35.5. The van der Waals surface area contributed by atoms with E-state index >= 15 is 0 Å². The minimum Gasteiger partial charge on any atom is -0.472 e. The van der Waals surface area contributed by atoms with Gasteiger partial charge in [0.05, 0.1) is 10.7 Å². The number of halogens is 2. The summed E-state index contributed by atoms with van der Waals surface area (Å²) in [5.74, 6) is 0.0625. The molecular formula is C17H18Cl2N4O3. The number of aromatic nitrogens is 2. The molecule has 0 fully saturated rings. The van der Waals surface area contributed by atoms with Gasteiger partial charge in [-0.05, 0) is 36.8 Å². The number of amides is 1. The molecular weight excluding hydrogens is 379 g/mol. The van der Waals surface area contributed by atoms with Gasteiger partial charge < -0.3 is 14.9 Å². The van der Waals surface area contributed by atoms with Crippen LogP contribution in [0.5, 0.6) is 5.88 Å². The molecule has 2 rings (SSSR count). The number of benzene rings is 1. The lowest BCUT2D eigenvalue weighted by molar-refractivity contribution is -0.114. The highest BCUT2D eigenvalue weighted by Gasteiger charge is 2.12. The molecule has 1 aromatic carbocycles. The summed E-state index contributed by atoms with van der Waals surface area (Å²) in [6.45, 7) is 1.94. The van der Waals surface area contributed by atoms with Gasteiger partial charge in [0.15, 0.2) is 5.71 Å². The van der Waals surface area contributed by atoms with Gasteiger partial charge in [-0.15, -0.1) is 5.10 Å². The van der Waals surface area contributed by atoms with E-state index in [0.29, 0.717) is 27.2 Å². The Morgan fingerprint density at radius 1 is 1.38 bits per heavy atom. The summed E-state index contributed by atoms with van der Waals surface area (Å²) in [5, 5.41) is 11.6. The summed E-state index contributed by atoms with van der Waals surface area (Å²) < 4.78 is 7.17. The van der Waals surface area contributed by atoms with Gasteiger partial charge in [0.25, 0.3) is 5.91 Å². The van der Waals surface area contributed by atoms with Crippen LogP contribution in [0.3, 0.4) is 0 Å². The van der Waals surface area contributed by atoms with Crippen LogP contribution in [0.1, 0.15) is 6.92 Å². The molecule has 1 amide bonds. The van der Waals surface area contributed by atoms with Crippen molar-refractivity contribution in [2.75, 3.05) is 20.8 Å². The van der Waals surface area contributed by atoms with Gasteiger partial charge in [-0.1, -0.05) is 28.4 Å². The normalized spacial score (nSPS) is 12.0. The Morgan fingerprint density at radius 2 is 2.15 bits per heavy atom. The number of nitrogens with zero attached hydrogens (tertiary/aromatic N) is 3. The average molecular weight is 397 g/mol. The van der Waals surface area contributed by atoms with E-state index in [0.717, 1.165) is 0 Å². The van der Waals surface area contributed by atoms with E-state index in [1.165, 1.54) is 14.2 Å². The van der Waals surface area contributed by atoms with E-state index in [-0.39, 0.29) is 18.2 Å². The minimum atomic E-state index is -0.345. The first-order valence-corrected chi connectivity index (χ1v) is 8.36. The highest BCUT2D eigenvalue weighted by molar-refractivity contribution is 6.44. The molecule has 26 heavy (non-hydrogen) atoms. The van der Waals surface area contributed by atoms with Crippen LogP contribution in [0.2, 0.25) is 10.0 Å². The molecule has 0 aliphatic carbocycles. The molecule has 0 spiro atoms. The van der Waals surface area contributed by atoms with E-state index in [2.05, 4.69) is 15.6 Å². The Bertz CT molecular complexity index is 846. The number of rotatable bonds is 7. The number of nitrogens with one attached hydrogen (secondary N) is 1. The fourth-order valence-electron chi connectivity index (χ4n) is 2.04. The van der Waals surface area contributed by atoms with Gasteiger partial charge in [0.2, 0.25) is 5.88 Å². The second kappa shape index (κ2) is 9.26. The van der Waals surface area contributed by atoms with Crippen LogP contribution in [-0.4, -0.2) is 42.2 Å². The van der Waals surface area contributed by atoms with Crippen LogP contribution < -0.4 is 10.1 Å². The maximum absolute atomic E-state index is 11.8. The molecule has 1 aromatic heterocycles. The fourth-order valence-corrected chi connectivity index (χ4v) is 2.53. The zero-order valence-corrected chi connectivity index (χ0v) is 16.0. The molecule has 138 valence electrons. The third-order valence-corrected chi connectivity index (χ3v) is 3.88. The summed E-state index contributed by atoms with van der Waals surface area (Å²) in [4.78, 5) is 16.4. The predicted octanol–water partition coefficient (Wildman–Crippen LogP) is 3.25. The molecule has 0 atom stereocenters. The van der Waals surface area contributed by atoms with Crippen LogP contribution in [0.25, 0.3) is 5.69 Å². The Balaban J connectivity index is 2.05. The van der Waals surface area contributed by atoms with Gasteiger partial charge in [-0.25, -0.2) is 4.68 Å². The highest BCUT2D eigenvalue weighted by Crippen LogP contribution is 2.24. The summed E-state index contributed by atoms with van der Waals surface area (Å²) in [6.07, 6.45) is 3.44. The second-order valence-corrected chi connectivity index (χ2v) is 5.94. The van der Waals surface area contributed by atoms with E-state index in [1.54, 1.807) is 48.1 Å². The van der Waals surface area contributed by atoms with Crippen molar-refractivity contribution in [2.24, 2.45) is 5.16 Å². The summed E-state index contributed by atoms with van der Waals surface area (Å²) in [6, 6.07) is 6.84. The van der Waals surface area contributed by atoms with Crippen molar-refractivity contribution in [1.29, 1.82) is 0 Å². The quantitative estimate of drug-likeness (QED) is 0.575. The first kappa shape index (κ1) is 19.8. The molecule has 0 bridgehead atoms. The molecule has 0 unspecified atom stereocenters. The molecule has 0 aliphatic heterocycles. The maximum atomic E-state index is 11.8. The molecule has 0 aliphatic rings. The van der Waals surface area contributed by atoms with Crippen LogP contribution >= 0.6 is 23.2 Å². The van der Waals surface area contributed by atoms with Crippen LogP contribution in [-0.2, 0) is 9.63 Å². The Hall–Kier alpha value is -2.51. The second-order valence-electron chi connectivity index (χ2n) is 5.09. The molecule has 1 N–H and O–H groups in total. The SMILES string of the molecule is CNC(=O)C(=N/OC)/C(C)=C\COc1ccn(-c2ccc(Cl)cc2Cl)n1. The van der Waals surface area contributed by atoms with Crippen molar-refractivity contribution in [2.45, 2.75) is 6.92 Å². The number of hydrogen-bond acceptors (Lipinski definition) is 5. The van der Waals surface area contributed by atoms with Gasteiger partial charge >= 0.3 is 0 Å². The summed E-state index contributed by atoms with van der Waals surface area (Å²) >= 11 is 12.1. The van der Waals surface area contributed by atoms with Crippen LogP contribution in [0.4, 0.5) is 0 Å². The lowest BCUT2D eigenvalue weighted by atomic mass is 10.1. The number of carbonyl (C=O) groups excluding carboxylic acids is 1. The number of hydrogen-bond donors (Lipinski definition) is 1. The molecule has 0 saturated carbocycles. The average Bonchev–Trinajstić information content (AvgIpc) is 3.07. The first-order valence-electron chi connectivity index (χ1n) is 7.60. The van der Waals surface area contributed by atoms with Crippen molar-refractivity contribution in [1.82, 2.24) is 15.1 Å². The molecule has 7 nitrogen and oxygen atoms in total. The summed E-state index contributed by atoms with van der Waals surface area (Å²) in [7, 11) is 2.90. The number of carbonyl (C=O) groups is 1. The zero-order valence-electron chi connectivity index (χ0n) is 14.5. The molecule has 2 aromatic rings. The fraction of sp³-hybridized carbons (Fsp3) is 0.235. The smallest absolute Gasteiger partial charge is 0.273 e. The Labute approximate surface area is 161 Å². The lowest BCUT2D eigenvalue weighted by Crippen LogP contribution is -2.28. The first-order chi connectivity index (χ1) is 12.5. The van der Waals surface area contributed by atoms with Crippen molar-refractivity contribution in [3.05, 3.63) is 52.2 Å². The van der Waals surface area contributed by atoms with E-state index in [9.17, 15) is 4.79 Å². The molecule has 9 heteroatoms. The van der Waals surface area contributed by atoms with Crippen LogP contribution in [0.15, 0.2) is 47.3 Å². The monoisotopic (exact) mass is 396 g/mol. The van der Waals surface area contributed by atoms with Gasteiger partial charge in [-0.3, -0.25) is 4.79 Å². The predicted molar refractivity (Wildman–Crippen MR) is 101 cm³/mol. The van der Waals surface area contributed by atoms with Crippen molar-refractivity contribution >= 4 is 34.8 Å². The Kier molecular flexibility index (Phi) is 7.06. The Morgan fingerprint density at radius 3 is 2.81 bits per heavy atom. The van der Waals surface area contributed by atoms with Gasteiger partial charge in [0.1, 0.15) is 13.7 Å². The molecule has 0 radical (unpaired) electrons. The summed E-state index contributed by atoms with van der Waals surface area (Å²) in [5.41, 5.74) is 1.48. The van der Waals surface area contributed by atoms with Crippen molar-refractivity contribution in [3.63, 3.8) is 0 Å². The van der Waals surface area contributed by atoms with Crippen molar-refractivity contribution < 1.29 is 14.4 Å². The minimum absolute atomic E-state index is 0.178.